The quantitative estimate of drug-likeness (QED) is 0.687. The van der Waals surface area contributed by atoms with Crippen LogP contribution < -0.4 is 10.6 Å². The highest BCUT2D eigenvalue weighted by molar-refractivity contribution is 7.80. The van der Waals surface area contributed by atoms with E-state index in [1.165, 1.54) is 0 Å². The molecule has 0 heterocycles. The predicted molar refractivity (Wildman–Crippen MR) is 62.9 cm³/mol. The Morgan fingerprint density at radius 2 is 1.92 bits per heavy atom. The zero-order valence-corrected chi connectivity index (χ0v) is 10.2. The molecule has 13 heavy (non-hydrogen) atoms. The van der Waals surface area contributed by atoms with Gasteiger partial charge in [-0.05, 0) is 31.0 Å². The Balaban J connectivity index is 3.79. The van der Waals surface area contributed by atoms with Gasteiger partial charge in [-0.1, -0.05) is 27.7 Å². The van der Waals surface area contributed by atoms with Crippen LogP contribution in [-0.4, -0.2) is 17.7 Å². The normalized spacial score (nSPS) is 13.6. The number of thiocarbonyl (C=S) groups is 1. The second-order valence-corrected chi connectivity index (χ2v) is 4.90. The topological polar surface area (TPSA) is 24.1 Å². The molecule has 1 unspecified atom stereocenters. The highest BCUT2D eigenvalue weighted by Gasteiger charge is 2.19. The number of nitrogens with one attached hydrogen (secondary N) is 2. The summed E-state index contributed by atoms with van der Waals surface area (Å²) in [5.74, 6) is 0. The summed E-state index contributed by atoms with van der Waals surface area (Å²) in [6.45, 7) is 11.8. The van der Waals surface area contributed by atoms with E-state index in [1.807, 2.05) is 0 Å². The molecule has 0 aliphatic rings. The van der Waals surface area contributed by atoms with Gasteiger partial charge < -0.3 is 10.6 Å². The first-order valence-corrected chi connectivity index (χ1v) is 5.33. The smallest absolute Gasteiger partial charge is 0.166 e. The summed E-state index contributed by atoms with van der Waals surface area (Å²) >= 11 is 5.14. The van der Waals surface area contributed by atoms with Gasteiger partial charge in [0.05, 0.1) is 0 Å². The lowest BCUT2D eigenvalue weighted by atomic mass is 9.88. The summed E-state index contributed by atoms with van der Waals surface area (Å²) in [5, 5.41) is 7.20. The molecule has 0 aromatic rings. The molecule has 78 valence electrons. The van der Waals surface area contributed by atoms with Gasteiger partial charge in [-0.25, -0.2) is 0 Å². The molecule has 2 N–H and O–H groups in total. The molecule has 0 spiro atoms. The molecular formula is C10H22N2S. The molecule has 0 saturated carbocycles. The average molecular weight is 202 g/mol. The van der Waals surface area contributed by atoms with Crippen LogP contribution in [0.5, 0.6) is 0 Å². The van der Waals surface area contributed by atoms with Crippen molar-refractivity contribution in [2.24, 2.45) is 5.41 Å². The van der Waals surface area contributed by atoms with E-state index in [-0.39, 0.29) is 5.41 Å². The third kappa shape index (κ3) is 5.86. The summed E-state index contributed by atoms with van der Waals surface area (Å²) in [4.78, 5) is 0. The molecule has 0 aromatic heterocycles. The Morgan fingerprint density at radius 3 is 2.31 bits per heavy atom. The van der Waals surface area contributed by atoms with Crippen molar-refractivity contribution >= 4 is 17.3 Å². The first kappa shape index (κ1) is 12.7. The van der Waals surface area contributed by atoms with Gasteiger partial charge in [0.15, 0.2) is 5.11 Å². The Hall–Kier alpha value is -0.310. The van der Waals surface area contributed by atoms with Gasteiger partial charge >= 0.3 is 0 Å². The number of rotatable bonds is 3. The molecule has 0 radical (unpaired) electrons. The van der Waals surface area contributed by atoms with Crippen molar-refractivity contribution < 1.29 is 0 Å². The van der Waals surface area contributed by atoms with Crippen LogP contribution in [0.3, 0.4) is 0 Å². The van der Waals surface area contributed by atoms with E-state index in [0.717, 1.165) is 18.1 Å². The third-order valence-corrected chi connectivity index (χ3v) is 2.44. The van der Waals surface area contributed by atoms with Crippen LogP contribution in [0.15, 0.2) is 0 Å². The molecule has 0 aromatic carbocycles. The predicted octanol–water partition coefficient (Wildman–Crippen LogP) is 2.30. The minimum absolute atomic E-state index is 0.248. The summed E-state index contributed by atoms with van der Waals surface area (Å²) in [6.07, 6.45) is 1.10. The third-order valence-electron chi connectivity index (χ3n) is 2.18. The molecule has 3 heteroatoms. The van der Waals surface area contributed by atoms with E-state index in [1.54, 1.807) is 0 Å². The Morgan fingerprint density at radius 1 is 1.38 bits per heavy atom. The minimum atomic E-state index is 0.248. The van der Waals surface area contributed by atoms with Crippen LogP contribution in [0, 0.1) is 5.41 Å². The maximum Gasteiger partial charge on any atom is 0.166 e. The van der Waals surface area contributed by atoms with Crippen LogP contribution in [0.2, 0.25) is 0 Å². The average Bonchev–Trinajstić information content (AvgIpc) is 1.99. The summed E-state index contributed by atoms with van der Waals surface area (Å²) in [5.41, 5.74) is 0.248. The summed E-state index contributed by atoms with van der Waals surface area (Å²) in [7, 11) is 0. The van der Waals surface area contributed by atoms with Crippen molar-refractivity contribution in [3.05, 3.63) is 0 Å². The van der Waals surface area contributed by atoms with E-state index in [9.17, 15) is 0 Å². The molecule has 0 fully saturated rings. The van der Waals surface area contributed by atoms with Crippen LogP contribution in [0.1, 0.15) is 41.0 Å². The number of hydrogen-bond donors (Lipinski definition) is 2. The Bertz CT molecular complexity index is 161. The lowest BCUT2D eigenvalue weighted by Crippen LogP contribution is -2.46. The molecule has 1 atom stereocenters. The van der Waals surface area contributed by atoms with Gasteiger partial charge in [-0.2, -0.15) is 0 Å². The van der Waals surface area contributed by atoms with Crippen LogP contribution >= 0.6 is 12.2 Å². The highest BCUT2D eigenvalue weighted by Crippen LogP contribution is 2.18. The minimum Gasteiger partial charge on any atom is -0.363 e. The van der Waals surface area contributed by atoms with Crippen molar-refractivity contribution in [3.63, 3.8) is 0 Å². The maximum atomic E-state index is 5.14. The van der Waals surface area contributed by atoms with E-state index < -0.39 is 0 Å². The lowest BCUT2D eigenvalue weighted by Gasteiger charge is -2.29. The molecule has 0 bridgehead atoms. The first-order chi connectivity index (χ1) is 5.88. The fraction of sp³-hybridized carbons (Fsp3) is 0.900. The Kier molecular flexibility index (Phi) is 5.30. The van der Waals surface area contributed by atoms with E-state index >= 15 is 0 Å². The van der Waals surface area contributed by atoms with Gasteiger partial charge in [-0.3, -0.25) is 0 Å². The fourth-order valence-corrected chi connectivity index (χ4v) is 0.982. The molecule has 0 aliphatic heterocycles. The zero-order valence-electron chi connectivity index (χ0n) is 9.40. The highest BCUT2D eigenvalue weighted by atomic mass is 32.1. The standard InChI is InChI=1S/C10H22N2S/c1-6-7-11-9(13)12-8(2)10(3,4)5/h8H,6-7H2,1-5H3,(H2,11,12,13). The van der Waals surface area contributed by atoms with Gasteiger partial charge in [-0.15, -0.1) is 0 Å². The zero-order chi connectivity index (χ0) is 10.5. The van der Waals surface area contributed by atoms with Gasteiger partial charge in [0.25, 0.3) is 0 Å². The van der Waals surface area contributed by atoms with Crippen LogP contribution in [0.4, 0.5) is 0 Å². The molecule has 2 nitrogen and oxygen atoms in total. The van der Waals surface area contributed by atoms with Crippen LogP contribution in [0.25, 0.3) is 0 Å². The van der Waals surface area contributed by atoms with Crippen molar-refractivity contribution in [2.45, 2.75) is 47.1 Å². The monoisotopic (exact) mass is 202 g/mol. The molecular weight excluding hydrogens is 180 g/mol. The maximum absolute atomic E-state index is 5.14. The molecule has 0 saturated heterocycles. The largest absolute Gasteiger partial charge is 0.363 e. The van der Waals surface area contributed by atoms with E-state index in [2.05, 4.69) is 45.3 Å². The van der Waals surface area contributed by atoms with Crippen molar-refractivity contribution in [1.29, 1.82) is 0 Å². The van der Waals surface area contributed by atoms with Gasteiger partial charge in [0.2, 0.25) is 0 Å². The molecule has 0 aliphatic carbocycles. The van der Waals surface area contributed by atoms with E-state index in [4.69, 9.17) is 12.2 Å². The summed E-state index contributed by atoms with van der Waals surface area (Å²) < 4.78 is 0. The van der Waals surface area contributed by atoms with Crippen molar-refractivity contribution in [1.82, 2.24) is 10.6 Å². The second-order valence-electron chi connectivity index (χ2n) is 4.49. The fourth-order valence-electron chi connectivity index (χ4n) is 0.703. The van der Waals surface area contributed by atoms with Crippen molar-refractivity contribution in [2.75, 3.05) is 6.54 Å². The van der Waals surface area contributed by atoms with Crippen LogP contribution in [-0.2, 0) is 0 Å². The van der Waals surface area contributed by atoms with Gasteiger partial charge in [0.1, 0.15) is 0 Å². The second kappa shape index (κ2) is 5.43. The molecule has 0 amide bonds. The first-order valence-electron chi connectivity index (χ1n) is 4.92. The molecule has 0 rings (SSSR count). The van der Waals surface area contributed by atoms with Gasteiger partial charge in [0, 0.05) is 12.6 Å². The SMILES string of the molecule is CCCNC(=S)NC(C)C(C)(C)C. The number of hydrogen-bond acceptors (Lipinski definition) is 1. The van der Waals surface area contributed by atoms with Crippen molar-refractivity contribution in [3.8, 4) is 0 Å². The lowest BCUT2D eigenvalue weighted by molar-refractivity contribution is 0.315. The Labute approximate surface area is 87.5 Å². The van der Waals surface area contributed by atoms with E-state index in [0.29, 0.717) is 6.04 Å². The summed E-state index contributed by atoms with van der Waals surface area (Å²) in [6, 6.07) is 0.393.